The van der Waals surface area contributed by atoms with Crippen LogP contribution in [0.25, 0.3) is 0 Å². The molecule has 120 valence electrons. The van der Waals surface area contributed by atoms with Gasteiger partial charge in [0, 0.05) is 6.04 Å². The molecule has 22 heavy (non-hydrogen) atoms. The predicted octanol–water partition coefficient (Wildman–Crippen LogP) is 3.23. The summed E-state index contributed by atoms with van der Waals surface area (Å²) < 4.78 is 0. The molecule has 0 bridgehead atoms. The molecule has 1 aromatic carbocycles. The third-order valence-corrected chi connectivity index (χ3v) is 5.07. The third-order valence-electron chi connectivity index (χ3n) is 5.07. The Kier molecular flexibility index (Phi) is 4.82. The molecule has 1 atom stereocenters. The second kappa shape index (κ2) is 6.82. The SMILES string of the molecule is CCN(CC(=O)NC(C)c1ccc2c(c1)CCCC2)C1CC1. The lowest BCUT2D eigenvalue weighted by Crippen LogP contribution is -2.39. The molecule has 0 aliphatic heterocycles. The molecule has 3 heteroatoms. The van der Waals surface area contributed by atoms with Crippen molar-refractivity contribution < 1.29 is 4.79 Å². The Bertz CT molecular complexity index is 536. The number of aryl methyl sites for hydroxylation is 2. The molecule has 1 unspecified atom stereocenters. The van der Waals surface area contributed by atoms with E-state index in [0.29, 0.717) is 12.6 Å². The highest BCUT2D eigenvalue weighted by molar-refractivity contribution is 5.78. The molecule has 0 saturated heterocycles. The van der Waals surface area contributed by atoms with Gasteiger partial charge in [-0.3, -0.25) is 9.69 Å². The fraction of sp³-hybridized carbons (Fsp3) is 0.632. The molecule has 3 rings (SSSR count). The van der Waals surface area contributed by atoms with Gasteiger partial charge < -0.3 is 5.32 Å². The van der Waals surface area contributed by atoms with Gasteiger partial charge in [-0.25, -0.2) is 0 Å². The van der Waals surface area contributed by atoms with Crippen LogP contribution in [0.15, 0.2) is 18.2 Å². The fourth-order valence-electron chi connectivity index (χ4n) is 3.52. The van der Waals surface area contributed by atoms with Crippen molar-refractivity contribution in [1.29, 1.82) is 0 Å². The van der Waals surface area contributed by atoms with Crippen LogP contribution >= 0.6 is 0 Å². The Labute approximate surface area is 134 Å². The van der Waals surface area contributed by atoms with Gasteiger partial charge >= 0.3 is 0 Å². The zero-order chi connectivity index (χ0) is 15.5. The third kappa shape index (κ3) is 3.70. The highest BCUT2D eigenvalue weighted by atomic mass is 16.2. The lowest BCUT2D eigenvalue weighted by Gasteiger charge is -2.22. The molecule has 1 aromatic rings. The number of hydrogen-bond donors (Lipinski definition) is 1. The quantitative estimate of drug-likeness (QED) is 0.875. The van der Waals surface area contributed by atoms with Crippen LogP contribution in [0, 0.1) is 0 Å². The smallest absolute Gasteiger partial charge is 0.234 e. The summed E-state index contributed by atoms with van der Waals surface area (Å²) in [5, 5.41) is 3.17. The van der Waals surface area contributed by atoms with Gasteiger partial charge in [0.25, 0.3) is 0 Å². The van der Waals surface area contributed by atoms with Crippen LogP contribution in [-0.4, -0.2) is 29.9 Å². The number of rotatable bonds is 6. The lowest BCUT2D eigenvalue weighted by atomic mass is 9.89. The monoisotopic (exact) mass is 300 g/mol. The standard InChI is InChI=1S/C19H28N2O/c1-3-21(18-10-11-18)13-19(22)20-14(2)16-9-8-15-6-4-5-7-17(15)12-16/h8-9,12,14,18H,3-7,10-11,13H2,1-2H3,(H,20,22). The normalized spacial score (nSPS) is 18.9. The first-order valence-corrected chi connectivity index (χ1v) is 8.82. The van der Waals surface area contributed by atoms with Crippen molar-refractivity contribution in [3.63, 3.8) is 0 Å². The molecule has 0 aromatic heterocycles. The van der Waals surface area contributed by atoms with E-state index in [1.165, 1.54) is 55.2 Å². The van der Waals surface area contributed by atoms with Gasteiger partial charge in [0.1, 0.15) is 0 Å². The first kappa shape index (κ1) is 15.5. The van der Waals surface area contributed by atoms with Crippen LogP contribution in [0.4, 0.5) is 0 Å². The summed E-state index contributed by atoms with van der Waals surface area (Å²) in [7, 11) is 0. The van der Waals surface area contributed by atoms with Crippen LogP contribution in [0.3, 0.4) is 0 Å². The number of amides is 1. The first-order valence-electron chi connectivity index (χ1n) is 8.82. The summed E-state index contributed by atoms with van der Waals surface area (Å²) >= 11 is 0. The average molecular weight is 300 g/mol. The number of nitrogens with zero attached hydrogens (tertiary/aromatic N) is 1. The van der Waals surface area contributed by atoms with Crippen molar-refractivity contribution in [3.8, 4) is 0 Å². The van der Waals surface area contributed by atoms with E-state index in [2.05, 4.69) is 42.3 Å². The predicted molar refractivity (Wildman–Crippen MR) is 89.9 cm³/mol. The van der Waals surface area contributed by atoms with Crippen molar-refractivity contribution in [3.05, 3.63) is 34.9 Å². The summed E-state index contributed by atoms with van der Waals surface area (Å²) in [6.07, 6.45) is 7.51. The largest absolute Gasteiger partial charge is 0.348 e. The van der Waals surface area contributed by atoms with Crippen LogP contribution in [-0.2, 0) is 17.6 Å². The Morgan fingerprint density at radius 3 is 2.68 bits per heavy atom. The van der Waals surface area contributed by atoms with Gasteiger partial charge in [0.2, 0.25) is 5.91 Å². The average Bonchev–Trinajstić information content (AvgIpc) is 3.37. The molecular weight excluding hydrogens is 272 g/mol. The molecule has 0 radical (unpaired) electrons. The summed E-state index contributed by atoms with van der Waals surface area (Å²) in [5.74, 6) is 0.152. The molecule has 1 fully saturated rings. The van der Waals surface area contributed by atoms with Gasteiger partial charge in [-0.1, -0.05) is 25.1 Å². The van der Waals surface area contributed by atoms with Gasteiger partial charge in [0.15, 0.2) is 0 Å². The summed E-state index contributed by atoms with van der Waals surface area (Å²) in [5.41, 5.74) is 4.22. The summed E-state index contributed by atoms with van der Waals surface area (Å²) in [6, 6.07) is 7.49. The molecule has 1 saturated carbocycles. The summed E-state index contributed by atoms with van der Waals surface area (Å²) in [6.45, 7) is 5.73. The van der Waals surface area contributed by atoms with E-state index in [1.54, 1.807) is 0 Å². The van der Waals surface area contributed by atoms with E-state index < -0.39 is 0 Å². The number of fused-ring (bicyclic) bond motifs is 1. The van der Waals surface area contributed by atoms with Crippen molar-refractivity contribution in [2.24, 2.45) is 0 Å². The van der Waals surface area contributed by atoms with E-state index in [4.69, 9.17) is 0 Å². The van der Waals surface area contributed by atoms with Crippen molar-refractivity contribution in [1.82, 2.24) is 10.2 Å². The molecule has 0 heterocycles. The topological polar surface area (TPSA) is 32.3 Å². The molecule has 1 amide bonds. The molecular formula is C19H28N2O. The number of carbonyl (C=O) groups excluding carboxylic acids is 1. The maximum Gasteiger partial charge on any atom is 0.234 e. The number of hydrogen-bond acceptors (Lipinski definition) is 2. The highest BCUT2D eigenvalue weighted by Crippen LogP contribution is 2.27. The maximum absolute atomic E-state index is 12.3. The molecule has 3 nitrogen and oxygen atoms in total. The van der Waals surface area contributed by atoms with Crippen molar-refractivity contribution in [2.45, 2.75) is 64.5 Å². The van der Waals surface area contributed by atoms with E-state index in [9.17, 15) is 4.79 Å². The van der Waals surface area contributed by atoms with Crippen LogP contribution < -0.4 is 5.32 Å². The van der Waals surface area contributed by atoms with Gasteiger partial charge in [-0.05, 0) is 68.7 Å². The van der Waals surface area contributed by atoms with E-state index in [0.717, 1.165) is 6.54 Å². The second-order valence-corrected chi connectivity index (χ2v) is 6.82. The summed E-state index contributed by atoms with van der Waals surface area (Å²) in [4.78, 5) is 14.6. The Morgan fingerprint density at radius 2 is 2.00 bits per heavy atom. The zero-order valence-electron chi connectivity index (χ0n) is 13.9. The second-order valence-electron chi connectivity index (χ2n) is 6.82. The number of likely N-dealkylation sites (N-methyl/N-ethyl adjacent to an activating group) is 1. The van der Waals surface area contributed by atoms with E-state index in [-0.39, 0.29) is 11.9 Å². The van der Waals surface area contributed by atoms with Gasteiger partial charge in [0.05, 0.1) is 12.6 Å². The number of benzene rings is 1. The number of carbonyl (C=O) groups is 1. The number of nitrogens with one attached hydrogen (secondary N) is 1. The van der Waals surface area contributed by atoms with E-state index in [1.807, 2.05) is 0 Å². The van der Waals surface area contributed by atoms with Crippen LogP contribution in [0.2, 0.25) is 0 Å². The molecule has 2 aliphatic carbocycles. The maximum atomic E-state index is 12.3. The minimum absolute atomic E-state index is 0.0950. The lowest BCUT2D eigenvalue weighted by molar-refractivity contribution is -0.123. The van der Waals surface area contributed by atoms with Crippen LogP contribution in [0.5, 0.6) is 0 Å². The van der Waals surface area contributed by atoms with E-state index >= 15 is 0 Å². The van der Waals surface area contributed by atoms with Gasteiger partial charge in [-0.2, -0.15) is 0 Å². The first-order chi connectivity index (χ1) is 10.7. The molecule has 0 spiro atoms. The Balaban J connectivity index is 1.58. The van der Waals surface area contributed by atoms with Gasteiger partial charge in [-0.15, -0.1) is 0 Å². The van der Waals surface area contributed by atoms with Crippen molar-refractivity contribution >= 4 is 5.91 Å². The molecule has 2 aliphatic rings. The highest BCUT2D eigenvalue weighted by Gasteiger charge is 2.29. The molecule has 1 N–H and O–H groups in total. The minimum Gasteiger partial charge on any atom is -0.348 e. The minimum atomic E-state index is 0.0950. The van der Waals surface area contributed by atoms with Crippen molar-refractivity contribution in [2.75, 3.05) is 13.1 Å². The zero-order valence-corrected chi connectivity index (χ0v) is 13.9. The Hall–Kier alpha value is -1.35. The Morgan fingerprint density at radius 1 is 1.27 bits per heavy atom. The fourth-order valence-corrected chi connectivity index (χ4v) is 3.52. The van der Waals surface area contributed by atoms with Crippen LogP contribution in [0.1, 0.15) is 62.3 Å².